The third-order valence-corrected chi connectivity index (χ3v) is 3.00. The Hall–Kier alpha value is -1.91. The Kier molecular flexibility index (Phi) is 3.83. The summed E-state index contributed by atoms with van der Waals surface area (Å²) in [4.78, 5) is 22.6. The zero-order chi connectivity index (χ0) is 14.0. The fraction of sp³-hybridized carbons (Fsp3) is 0. The molecule has 0 radical (unpaired) electrons. The first-order valence-corrected chi connectivity index (χ1v) is 5.99. The molecule has 0 saturated carbocycles. The third-order valence-electron chi connectivity index (χ3n) is 2.49. The second kappa shape index (κ2) is 5.38. The maximum Gasteiger partial charge on any atom is 0.299 e. The molecule has 2 aromatic rings. The summed E-state index contributed by atoms with van der Waals surface area (Å²) in [6, 6.07) is 10.7. The molecule has 4 nitrogen and oxygen atoms in total. The highest BCUT2D eigenvalue weighted by Gasteiger charge is 2.25. The van der Waals surface area contributed by atoms with Crippen LogP contribution in [0.25, 0.3) is 0 Å². The van der Waals surface area contributed by atoms with Crippen molar-refractivity contribution in [1.29, 1.82) is 0 Å². The number of ketones is 1. The van der Waals surface area contributed by atoms with E-state index in [1.54, 1.807) is 30.3 Å². The largest absolute Gasteiger partial charge is 0.299 e. The first-order valence-electron chi connectivity index (χ1n) is 5.24. The summed E-state index contributed by atoms with van der Waals surface area (Å²) in [6.07, 6.45) is 0. The topological polar surface area (TPSA) is 60.2 Å². The van der Waals surface area contributed by atoms with Gasteiger partial charge in [-0.15, -0.1) is 0 Å². The standard InChI is InChI=1S/C13H7Cl2NO3/c14-9-6-10(12(16(18)19)11(15)7-9)13(17)8-4-2-1-3-5-8/h1-7H. The van der Waals surface area contributed by atoms with Crippen molar-refractivity contribution in [3.8, 4) is 0 Å². The second-order valence-corrected chi connectivity index (χ2v) is 4.58. The molecule has 0 saturated heterocycles. The molecular formula is C13H7Cl2NO3. The minimum atomic E-state index is -0.686. The molecule has 0 spiro atoms. The van der Waals surface area contributed by atoms with Gasteiger partial charge in [-0.1, -0.05) is 53.5 Å². The molecular weight excluding hydrogens is 289 g/mol. The number of rotatable bonds is 3. The van der Waals surface area contributed by atoms with Crippen LogP contribution >= 0.6 is 23.2 Å². The third kappa shape index (κ3) is 2.75. The average molecular weight is 296 g/mol. The average Bonchev–Trinajstić information content (AvgIpc) is 2.37. The second-order valence-electron chi connectivity index (χ2n) is 3.74. The minimum Gasteiger partial charge on any atom is -0.288 e. The molecule has 0 aromatic heterocycles. The first kappa shape index (κ1) is 13.5. The molecule has 0 aliphatic carbocycles. The summed E-state index contributed by atoms with van der Waals surface area (Å²) in [7, 11) is 0. The summed E-state index contributed by atoms with van der Waals surface area (Å²) < 4.78 is 0. The lowest BCUT2D eigenvalue weighted by atomic mass is 10.0. The van der Waals surface area contributed by atoms with E-state index in [1.165, 1.54) is 12.1 Å². The molecule has 0 fully saturated rings. The predicted molar refractivity (Wildman–Crippen MR) is 73.0 cm³/mol. The van der Waals surface area contributed by atoms with Gasteiger partial charge in [0.15, 0.2) is 5.78 Å². The quantitative estimate of drug-likeness (QED) is 0.486. The summed E-state index contributed by atoms with van der Waals surface area (Å²) in [6.45, 7) is 0. The van der Waals surface area contributed by atoms with Crippen LogP contribution in [0.5, 0.6) is 0 Å². The van der Waals surface area contributed by atoms with Gasteiger partial charge in [0, 0.05) is 10.6 Å². The molecule has 0 N–H and O–H groups in total. The Balaban J connectivity index is 2.62. The first-order chi connectivity index (χ1) is 9.00. The van der Waals surface area contributed by atoms with Crippen molar-refractivity contribution in [3.63, 3.8) is 0 Å². The number of nitro benzene ring substituents is 1. The van der Waals surface area contributed by atoms with Crippen LogP contribution in [-0.2, 0) is 0 Å². The van der Waals surface area contributed by atoms with Crippen LogP contribution in [0.4, 0.5) is 5.69 Å². The smallest absolute Gasteiger partial charge is 0.288 e. The van der Waals surface area contributed by atoms with Gasteiger partial charge in [0.1, 0.15) is 10.6 Å². The Bertz CT molecular complexity index is 656. The van der Waals surface area contributed by atoms with Crippen LogP contribution < -0.4 is 0 Å². The highest BCUT2D eigenvalue weighted by atomic mass is 35.5. The molecule has 2 rings (SSSR count). The van der Waals surface area contributed by atoms with Crippen LogP contribution in [-0.4, -0.2) is 10.7 Å². The van der Waals surface area contributed by atoms with Crippen molar-refractivity contribution in [2.45, 2.75) is 0 Å². The van der Waals surface area contributed by atoms with Gasteiger partial charge >= 0.3 is 0 Å². The molecule has 96 valence electrons. The van der Waals surface area contributed by atoms with Crippen LogP contribution in [0, 0.1) is 10.1 Å². The summed E-state index contributed by atoms with van der Waals surface area (Å²) >= 11 is 11.6. The van der Waals surface area contributed by atoms with E-state index in [2.05, 4.69) is 0 Å². The van der Waals surface area contributed by atoms with Gasteiger partial charge in [-0.3, -0.25) is 14.9 Å². The molecule has 2 aromatic carbocycles. The van der Waals surface area contributed by atoms with Gasteiger partial charge in [0.2, 0.25) is 0 Å². The van der Waals surface area contributed by atoms with E-state index >= 15 is 0 Å². The van der Waals surface area contributed by atoms with Crippen molar-refractivity contribution < 1.29 is 9.72 Å². The van der Waals surface area contributed by atoms with Crippen molar-refractivity contribution in [3.05, 3.63) is 73.8 Å². The molecule has 0 atom stereocenters. The number of hydrogen-bond donors (Lipinski definition) is 0. The van der Waals surface area contributed by atoms with Crippen molar-refractivity contribution in [2.24, 2.45) is 0 Å². The molecule has 6 heteroatoms. The van der Waals surface area contributed by atoms with Gasteiger partial charge in [-0.25, -0.2) is 0 Å². The number of benzene rings is 2. The summed E-state index contributed by atoms with van der Waals surface area (Å²) in [5, 5.41) is 11.0. The van der Waals surface area contributed by atoms with E-state index < -0.39 is 16.4 Å². The lowest BCUT2D eigenvalue weighted by molar-refractivity contribution is -0.385. The fourth-order valence-corrected chi connectivity index (χ4v) is 2.23. The van der Waals surface area contributed by atoms with Crippen molar-refractivity contribution >= 4 is 34.7 Å². The number of hydrogen-bond acceptors (Lipinski definition) is 3. The van der Waals surface area contributed by atoms with E-state index in [0.717, 1.165) is 0 Å². The summed E-state index contributed by atoms with van der Waals surface area (Å²) in [5.74, 6) is -0.489. The van der Waals surface area contributed by atoms with Gasteiger partial charge in [0.05, 0.1) is 4.92 Å². The number of halogens is 2. The van der Waals surface area contributed by atoms with E-state index in [0.29, 0.717) is 5.56 Å². The number of carbonyl (C=O) groups is 1. The Labute approximate surface area is 118 Å². The molecule has 0 aliphatic heterocycles. The van der Waals surface area contributed by atoms with Crippen LogP contribution in [0.3, 0.4) is 0 Å². The van der Waals surface area contributed by atoms with Gasteiger partial charge in [-0.05, 0) is 12.1 Å². The number of nitrogens with zero attached hydrogens (tertiary/aromatic N) is 1. The predicted octanol–water partition coefficient (Wildman–Crippen LogP) is 4.13. The van der Waals surface area contributed by atoms with Crippen LogP contribution in [0.1, 0.15) is 15.9 Å². The lowest BCUT2D eigenvalue weighted by Crippen LogP contribution is -2.06. The highest BCUT2D eigenvalue weighted by molar-refractivity contribution is 6.37. The monoisotopic (exact) mass is 295 g/mol. The number of nitro groups is 1. The summed E-state index contributed by atoms with van der Waals surface area (Å²) in [5.41, 5.74) is -0.211. The van der Waals surface area contributed by atoms with Gasteiger partial charge in [0.25, 0.3) is 5.69 Å². The van der Waals surface area contributed by atoms with E-state index in [-0.39, 0.29) is 15.6 Å². The van der Waals surface area contributed by atoms with Crippen LogP contribution in [0.2, 0.25) is 10.0 Å². The molecule has 0 amide bonds. The molecule has 0 heterocycles. The minimum absolute atomic E-state index is 0.117. The van der Waals surface area contributed by atoms with E-state index in [1.807, 2.05) is 0 Å². The zero-order valence-electron chi connectivity index (χ0n) is 9.47. The Morgan fingerprint density at radius 2 is 1.74 bits per heavy atom. The Morgan fingerprint density at radius 1 is 1.11 bits per heavy atom. The van der Waals surface area contributed by atoms with Crippen molar-refractivity contribution in [2.75, 3.05) is 0 Å². The normalized spacial score (nSPS) is 10.2. The zero-order valence-corrected chi connectivity index (χ0v) is 11.0. The van der Waals surface area contributed by atoms with Gasteiger partial charge in [-0.2, -0.15) is 0 Å². The van der Waals surface area contributed by atoms with E-state index in [4.69, 9.17) is 23.2 Å². The van der Waals surface area contributed by atoms with E-state index in [9.17, 15) is 14.9 Å². The molecule has 0 aliphatic rings. The molecule has 19 heavy (non-hydrogen) atoms. The molecule has 0 unspecified atom stereocenters. The SMILES string of the molecule is O=C(c1ccccc1)c1cc(Cl)cc(Cl)c1[N+](=O)[O-]. The maximum absolute atomic E-state index is 12.3. The molecule has 0 bridgehead atoms. The lowest BCUT2D eigenvalue weighted by Gasteiger charge is -2.05. The van der Waals surface area contributed by atoms with Crippen molar-refractivity contribution in [1.82, 2.24) is 0 Å². The highest BCUT2D eigenvalue weighted by Crippen LogP contribution is 2.33. The number of carbonyl (C=O) groups excluding carboxylic acids is 1. The van der Waals surface area contributed by atoms with Crippen LogP contribution in [0.15, 0.2) is 42.5 Å². The maximum atomic E-state index is 12.3. The van der Waals surface area contributed by atoms with Gasteiger partial charge < -0.3 is 0 Å². The fourth-order valence-electron chi connectivity index (χ4n) is 1.67. The Morgan fingerprint density at radius 3 is 2.32 bits per heavy atom.